The van der Waals surface area contributed by atoms with E-state index in [4.69, 9.17) is 4.74 Å². The monoisotopic (exact) mass is 233 g/mol. The largest absolute Gasteiger partial charge is 0.382 e. The van der Waals surface area contributed by atoms with Gasteiger partial charge >= 0.3 is 0 Å². The minimum absolute atomic E-state index is 0.0562. The molecular weight excluding hydrogens is 210 g/mol. The first kappa shape index (κ1) is 12.4. The van der Waals surface area contributed by atoms with E-state index in [-0.39, 0.29) is 5.60 Å². The van der Waals surface area contributed by atoms with Crippen LogP contribution >= 0.6 is 0 Å². The Kier molecular flexibility index (Phi) is 3.72. The fourth-order valence-corrected chi connectivity index (χ4v) is 2.38. The molecule has 1 heterocycles. The van der Waals surface area contributed by atoms with E-state index in [0.717, 1.165) is 25.9 Å². The number of anilines is 1. The average Bonchev–Trinajstić information content (AvgIpc) is 2.32. The SMILES string of the molecule is CCC1(C)CC(Nc2ccc(C)cc2)CCO1. The highest BCUT2D eigenvalue weighted by molar-refractivity contribution is 5.45. The Morgan fingerprint density at radius 2 is 2.06 bits per heavy atom. The van der Waals surface area contributed by atoms with E-state index in [9.17, 15) is 0 Å². The van der Waals surface area contributed by atoms with Gasteiger partial charge in [-0.2, -0.15) is 0 Å². The van der Waals surface area contributed by atoms with Crippen molar-refractivity contribution in [1.29, 1.82) is 0 Å². The molecule has 2 nitrogen and oxygen atoms in total. The molecule has 2 unspecified atom stereocenters. The van der Waals surface area contributed by atoms with Crippen molar-refractivity contribution in [3.63, 3.8) is 0 Å². The van der Waals surface area contributed by atoms with Crippen LogP contribution < -0.4 is 5.32 Å². The van der Waals surface area contributed by atoms with Crippen molar-refractivity contribution >= 4 is 5.69 Å². The van der Waals surface area contributed by atoms with Gasteiger partial charge in [-0.1, -0.05) is 24.6 Å². The molecule has 0 saturated carbocycles. The lowest BCUT2D eigenvalue weighted by atomic mass is 9.90. The zero-order valence-corrected chi connectivity index (χ0v) is 11.1. The van der Waals surface area contributed by atoms with E-state index in [1.54, 1.807) is 0 Å². The summed E-state index contributed by atoms with van der Waals surface area (Å²) in [5, 5.41) is 3.62. The van der Waals surface area contributed by atoms with Gasteiger partial charge in [-0.25, -0.2) is 0 Å². The molecule has 0 amide bonds. The van der Waals surface area contributed by atoms with E-state index in [1.807, 2.05) is 0 Å². The molecule has 0 radical (unpaired) electrons. The smallest absolute Gasteiger partial charge is 0.0671 e. The molecule has 0 aromatic heterocycles. The van der Waals surface area contributed by atoms with Crippen LogP contribution in [0.15, 0.2) is 24.3 Å². The molecule has 94 valence electrons. The Bertz CT molecular complexity index is 360. The van der Waals surface area contributed by atoms with Crippen molar-refractivity contribution in [2.45, 2.75) is 51.7 Å². The Morgan fingerprint density at radius 1 is 1.35 bits per heavy atom. The normalized spacial score (nSPS) is 29.0. The molecule has 1 aliphatic rings. The number of benzene rings is 1. The molecule has 0 bridgehead atoms. The second-order valence-electron chi connectivity index (χ2n) is 5.35. The van der Waals surface area contributed by atoms with Gasteiger partial charge in [0.05, 0.1) is 5.60 Å². The van der Waals surface area contributed by atoms with Crippen LogP contribution in [0, 0.1) is 6.92 Å². The molecule has 1 aliphatic heterocycles. The molecule has 2 rings (SSSR count). The van der Waals surface area contributed by atoms with Gasteiger partial charge in [-0.3, -0.25) is 0 Å². The van der Waals surface area contributed by atoms with E-state index in [1.165, 1.54) is 11.3 Å². The van der Waals surface area contributed by atoms with Crippen LogP contribution in [0.5, 0.6) is 0 Å². The molecule has 1 fully saturated rings. The van der Waals surface area contributed by atoms with Crippen LogP contribution in [-0.2, 0) is 4.74 Å². The van der Waals surface area contributed by atoms with Crippen molar-refractivity contribution < 1.29 is 4.74 Å². The summed E-state index contributed by atoms with van der Waals surface area (Å²) < 4.78 is 5.86. The highest BCUT2D eigenvalue weighted by Gasteiger charge is 2.31. The van der Waals surface area contributed by atoms with Crippen molar-refractivity contribution in [2.75, 3.05) is 11.9 Å². The molecule has 1 aromatic rings. The number of rotatable bonds is 3. The summed E-state index contributed by atoms with van der Waals surface area (Å²) in [4.78, 5) is 0. The van der Waals surface area contributed by atoms with Gasteiger partial charge in [-0.15, -0.1) is 0 Å². The fourth-order valence-electron chi connectivity index (χ4n) is 2.38. The first-order valence-electron chi connectivity index (χ1n) is 6.58. The second kappa shape index (κ2) is 5.09. The minimum Gasteiger partial charge on any atom is -0.382 e. The number of hydrogen-bond donors (Lipinski definition) is 1. The first-order chi connectivity index (χ1) is 8.11. The van der Waals surface area contributed by atoms with Gasteiger partial charge in [-0.05, 0) is 45.2 Å². The molecule has 1 aromatic carbocycles. The van der Waals surface area contributed by atoms with Gasteiger partial charge < -0.3 is 10.1 Å². The third-order valence-corrected chi connectivity index (χ3v) is 3.77. The lowest BCUT2D eigenvalue weighted by Gasteiger charge is -2.38. The molecule has 1 N–H and O–H groups in total. The predicted octanol–water partition coefficient (Wildman–Crippen LogP) is 3.75. The lowest BCUT2D eigenvalue weighted by molar-refractivity contribution is -0.0708. The van der Waals surface area contributed by atoms with Crippen LogP contribution in [0.2, 0.25) is 0 Å². The maximum absolute atomic E-state index is 5.86. The highest BCUT2D eigenvalue weighted by atomic mass is 16.5. The fraction of sp³-hybridized carbons (Fsp3) is 0.600. The summed E-state index contributed by atoms with van der Waals surface area (Å²) in [7, 11) is 0. The summed E-state index contributed by atoms with van der Waals surface area (Å²) in [6.07, 6.45) is 3.28. The topological polar surface area (TPSA) is 21.3 Å². The molecule has 2 atom stereocenters. The van der Waals surface area contributed by atoms with Crippen LogP contribution in [0.25, 0.3) is 0 Å². The molecule has 0 aliphatic carbocycles. The summed E-state index contributed by atoms with van der Waals surface area (Å²) >= 11 is 0. The second-order valence-corrected chi connectivity index (χ2v) is 5.35. The van der Waals surface area contributed by atoms with Crippen LogP contribution in [0.1, 0.15) is 38.7 Å². The molecule has 2 heteroatoms. The molecule has 0 spiro atoms. The Hall–Kier alpha value is -1.02. The number of aryl methyl sites for hydroxylation is 1. The van der Waals surface area contributed by atoms with Crippen molar-refractivity contribution in [2.24, 2.45) is 0 Å². The minimum atomic E-state index is 0.0562. The van der Waals surface area contributed by atoms with Crippen molar-refractivity contribution in [3.05, 3.63) is 29.8 Å². The summed E-state index contributed by atoms with van der Waals surface area (Å²) in [6, 6.07) is 9.17. The van der Waals surface area contributed by atoms with Crippen molar-refractivity contribution in [1.82, 2.24) is 0 Å². The Labute approximate surface area is 104 Å². The van der Waals surface area contributed by atoms with E-state index < -0.39 is 0 Å². The van der Waals surface area contributed by atoms with Crippen LogP contribution in [0.3, 0.4) is 0 Å². The molecular formula is C15H23NO. The summed E-state index contributed by atoms with van der Waals surface area (Å²) in [6.45, 7) is 7.41. The number of hydrogen-bond acceptors (Lipinski definition) is 2. The third-order valence-electron chi connectivity index (χ3n) is 3.77. The van der Waals surface area contributed by atoms with Gasteiger partial charge in [0.15, 0.2) is 0 Å². The predicted molar refractivity (Wildman–Crippen MR) is 72.5 cm³/mol. The zero-order valence-electron chi connectivity index (χ0n) is 11.1. The average molecular weight is 233 g/mol. The quantitative estimate of drug-likeness (QED) is 0.858. The molecule has 1 saturated heterocycles. The standard InChI is InChI=1S/C15H23NO/c1-4-15(3)11-14(9-10-17-15)16-13-7-5-12(2)6-8-13/h5-8,14,16H,4,9-11H2,1-3H3. The summed E-state index contributed by atoms with van der Waals surface area (Å²) in [5.41, 5.74) is 2.59. The van der Waals surface area contributed by atoms with Gasteiger partial charge in [0.2, 0.25) is 0 Å². The Balaban J connectivity index is 1.97. The Morgan fingerprint density at radius 3 is 2.71 bits per heavy atom. The van der Waals surface area contributed by atoms with Gasteiger partial charge in [0.25, 0.3) is 0 Å². The summed E-state index contributed by atoms with van der Waals surface area (Å²) in [5.74, 6) is 0. The van der Waals surface area contributed by atoms with Crippen LogP contribution in [-0.4, -0.2) is 18.2 Å². The van der Waals surface area contributed by atoms with Crippen molar-refractivity contribution in [3.8, 4) is 0 Å². The first-order valence-corrected chi connectivity index (χ1v) is 6.58. The molecule has 17 heavy (non-hydrogen) atoms. The van der Waals surface area contributed by atoms with Crippen LogP contribution in [0.4, 0.5) is 5.69 Å². The zero-order chi connectivity index (χ0) is 12.3. The highest BCUT2D eigenvalue weighted by Crippen LogP contribution is 2.29. The van der Waals surface area contributed by atoms with Gasteiger partial charge in [0.1, 0.15) is 0 Å². The lowest BCUT2D eigenvalue weighted by Crippen LogP contribution is -2.41. The van der Waals surface area contributed by atoms with E-state index in [2.05, 4.69) is 50.4 Å². The third kappa shape index (κ3) is 3.22. The van der Waals surface area contributed by atoms with E-state index in [0.29, 0.717) is 6.04 Å². The van der Waals surface area contributed by atoms with E-state index >= 15 is 0 Å². The number of nitrogens with one attached hydrogen (secondary N) is 1. The maximum Gasteiger partial charge on any atom is 0.0671 e. The maximum atomic E-state index is 5.86. The number of ether oxygens (including phenoxy) is 1. The van der Waals surface area contributed by atoms with Gasteiger partial charge in [0, 0.05) is 18.3 Å².